The average Bonchev–Trinajstić information content (AvgIpc) is 2.94. The van der Waals surface area contributed by atoms with Crippen LogP contribution in [0.1, 0.15) is 22.7 Å². The van der Waals surface area contributed by atoms with Gasteiger partial charge in [-0.3, -0.25) is 4.79 Å². The molecule has 2 aromatic rings. The second-order valence-corrected chi connectivity index (χ2v) is 5.63. The zero-order chi connectivity index (χ0) is 18.1. The summed E-state index contributed by atoms with van der Waals surface area (Å²) in [5.74, 6) is 1.20. The van der Waals surface area contributed by atoms with Gasteiger partial charge in [-0.25, -0.2) is 4.98 Å². The van der Waals surface area contributed by atoms with Crippen LogP contribution >= 0.6 is 11.6 Å². The molecule has 1 heterocycles. The largest absolute Gasteiger partial charge is 0.436 e. The molecule has 0 aliphatic heterocycles. The number of allylic oxidation sites excluding steroid dienone is 4. The number of hydrogen-bond donors (Lipinski definition) is 2. The van der Waals surface area contributed by atoms with Crippen molar-refractivity contribution < 1.29 is 14.3 Å². The lowest BCUT2D eigenvalue weighted by atomic mass is 10.2. The lowest BCUT2D eigenvalue weighted by Crippen LogP contribution is -2.26. The van der Waals surface area contributed by atoms with E-state index in [0.717, 1.165) is 31.9 Å². The van der Waals surface area contributed by atoms with E-state index in [9.17, 15) is 4.79 Å². The van der Waals surface area contributed by atoms with E-state index in [2.05, 4.69) is 22.5 Å². The van der Waals surface area contributed by atoms with Gasteiger partial charge in [-0.2, -0.15) is 0 Å². The number of fused-ring (bicyclic) bond motifs is 1. The Hall–Kier alpha value is -2.21. The smallest absolute Gasteiger partial charge is 0.227 e. The van der Waals surface area contributed by atoms with Crippen LogP contribution in [0.4, 0.5) is 0 Å². The van der Waals surface area contributed by atoms with E-state index in [4.69, 9.17) is 21.1 Å². The normalized spacial score (nSPS) is 16.1. The molecule has 25 heavy (non-hydrogen) atoms. The number of aliphatic hydroxyl groups is 1. The number of aromatic nitrogens is 1. The van der Waals surface area contributed by atoms with Crippen LogP contribution in [0.5, 0.6) is 0 Å². The van der Waals surface area contributed by atoms with Crippen molar-refractivity contribution in [2.24, 2.45) is 0 Å². The molecule has 3 rings (SSSR count). The van der Waals surface area contributed by atoms with Gasteiger partial charge in [-0.1, -0.05) is 24.3 Å². The van der Waals surface area contributed by atoms with Crippen LogP contribution in [0.3, 0.4) is 0 Å². The maximum absolute atomic E-state index is 10.8. The van der Waals surface area contributed by atoms with E-state index in [0.29, 0.717) is 28.4 Å². The van der Waals surface area contributed by atoms with Crippen LogP contribution in [-0.2, 0) is 0 Å². The van der Waals surface area contributed by atoms with Crippen LogP contribution in [0.25, 0.3) is 16.7 Å². The SMILES string of the molecule is CO.O=Cc1ccc2oc(C3=CC=CC(NCCCCl)C=C3)nc2c1. The Morgan fingerprint density at radius 2 is 2.20 bits per heavy atom. The maximum Gasteiger partial charge on any atom is 0.227 e. The molecule has 2 N–H and O–H groups in total. The van der Waals surface area contributed by atoms with Gasteiger partial charge in [-0.05, 0) is 37.2 Å². The highest BCUT2D eigenvalue weighted by Crippen LogP contribution is 2.23. The number of oxazole rings is 1. The van der Waals surface area contributed by atoms with Gasteiger partial charge >= 0.3 is 0 Å². The van der Waals surface area contributed by atoms with Crippen LogP contribution in [-0.4, -0.2) is 42.0 Å². The van der Waals surface area contributed by atoms with Gasteiger partial charge in [-0.15, -0.1) is 11.6 Å². The Bertz CT molecular complexity index is 793. The van der Waals surface area contributed by atoms with Gasteiger partial charge in [0.05, 0.1) is 0 Å². The third-order valence-electron chi connectivity index (χ3n) is 3.56. The predicted octanol–water partition coefficient (Wildman–Crippen LogP) is 3.35. The minimum absolute atomic E-state index is 0.165. The van der Waals surface area contributed by atoms with Crippen molar-refractivity contribution in [3.8, 4) is 0 Å². The first-order valence-electron chi connectivity index (χ1n) is 7.97. The lowest BCUT2D eigenvalue weighted by molar-refractivity contribution is 0.112. The molecule has 5 nitrogen and oxygen atoms in total. The molecule has 0 fully saturated rings. The van der Waals surface area contributed by atoms with Crippen molar-refractivity contribution in [3.63, 3.8) is 0 Å². The molecule has 0 saturated carbocycles. The second kappa shape index (κ2) is 9.93. The Morgan fingerprint density at radius 1 is 1.36 bits per heavy atom. The molecule has 0 saturated heterocycles. The van der Waals surface area contributed by atoms with E-state index < -0.39 is 0 Å². The number of aliphatic hydroxyl groups excluding tert-OH is 1. The fraction of sp³-hybridized carbons (Fsp3) is 0.263. The first-order chi connectivity index (χ1) is 12.3. The van der Waals surface area contributed by atoms with Crippen LogP contribution in [0.2, 0.25) is 0 Å². The predicted molar refractivity (Wildman–Crippen MR) is 101 cm³/mol. The van der Waals surface area contributed by atoms with Crippen molar-refractivity contribution in [2.45, 2.75) is 12.5 Å². The first kappa shape index (κ1) is 19.1. The fourth-order valence-electron chi connectivity index (χ4n) is 2.36. The number of hydrogen-bond acceptors (Lipinski definition) is 5. The quantitative estimate of drug-likeness (QED) is 0.469. The Balaban J connectivity index is 0.00000109. The van der Waals surface area contributed by atoms with Gasteiger partial charge < -0.3 is 14.8 Å². The third-order valence-corrected chi connectivity index (χ3v) is 3.83. The van der Waals surface area contributed by atoms with Gasteiger partial charge in [0.15, 0.2) is 5.58 Å². The molecule has 6 heteroatoms. The summed E-state index contributed by atoms with van der Waals surface area (Å²) in [6.07, 6.45) is 11.8. The van der Waals surface area contributed by atoms with Gasteiger partial charge in [0.2, 0.25) is 5.89 Å². The van der Waals surface area contributed by atoms with Gasteiger partial charge in [0.1, 0.15) is 11.8 Å². The summed E-state index contributed by atoms with van der Waals surface area (Å²) in [5, 5.41) is 10.4. The highest BCUT2D eigenvalue weighted by Gasteiger charge is 2.11. The monoisotopic (exact) mass is 360 g/mol. The minimum atomic E-state index is 0.165. The van der Waals surface area contributed by atoms with Crippen LogP contribution in [0, 0.1) is 0 Å². The summed E-state index contributed by atoms with van der Waals surface area (Å²) in [6.45, 7) is 0.871. The number of halogens is 1. The Morgan fingerprint density at radius 3 is 2.96 bits per heavy atom. The van der Waals surface area contributed by atoms with E-state index in [-0.39, 0.29) is 6.04 Å². The lowest BCUT2D eigenvalue weighted by Gasteiger charge is -2.08. The number of rotatable bonds is 6. The van der Waals surface area contributed by atoms with Gasteiger partial charge in [0, 0.05) is 30.2 Å². The van der Waals surface area contributed by atoms with Crippen LogP contribution in [0.15, 0.2) is 53.0 Å². The first-order valence-corrected chi connectivity index (χ1v) is 8.50. The van der Waals surface area contributed by atoms with Crippen molar-refractivity contribution in [1.82, 2.24) is 10.3 Å². The number of carbonyl (C=O) groups excluding carboxylic acids is 1. The minimum Gasteiger partial charge on any atom is -0.436 e. The molecule has 1 unspecified atom stereocenters. The third kappa shape index (κ3) is 5.13. The topological polar surface area (TPSA) is 75.4 Å². The number of carbonyl (C=O) groups is 1. The van der Waals surface area contributed by atoms with Crippen molar-refractivity contribution in [1.29, 1.82) is 0 Å². The summed E-state index contributed by atoms with van der Waals surface area (Å²) >= 11 is 5.69. The molecule has 1 aromatic heterocycles. The molecule has 1 aliphatic rings. The summed E-state index contributed by atoms with van der Waals surface area (Å²) < 4.78 is 5.78. The molecule has 0 bridgehead atoms. The Labute approximate surface area is 151 Å². The molecular formula is C19H21ClN2O3. The van der Waals surface area contributed by atoms with Gasteiger partial charge in [0.25, 0.3) is 0 Å². The molecule has 132 valence electrons. The zero-order valence-electron chi connectivity index (χ0n) is 14.0. The second-order valence-electron chi connectivity index (χ2n) is 5.25. The fourth-order valence-corrected chi connectivity index (χ4v) is 2.50. The van der Waals surface area contributed by atoms with Crippen molar-refractivity contribution >= 4 is 34.6 Å². The standard InChI is InChI=1S/C18H17ClN2O2.CH4O/c19-9-2-10-20-15-4-1-3-14(6-7-15)18-21-16-11-13(12-22)5-8-17(16)23-18;1-2/h1,3-8,11-12,15,20H,2,9-10H2;2H,1H3. The number of aldehydes is 1. The average molecular weight is 361 g/mol. The molecule has 1 aromatic carbocycles. The summed E-state index contributed by atoms with van der Waals surface area (Å²) in [6, 6.07) is 5.38. The number of nitrogens with zero attached hydrogens (tertiary/aromatic N) is 1. The van der Waals surface area contributed by atoms with E-state index in [1.165, 1.54) is 0 Å². The number of nitrogens with one attached hydrogen (secondary N) is 1. The zero-order valence-corrected chi connectivity index (χ0v) is 14.7. The molecule has 0 radical (unpaired) electrons. The number of benzene rings is 1. The summed E-state index contributed by atoms with van der Waals surface area (Å²) in [4.78, 5) is 15.3. The molecule has 0 spiro atoms. The highest BCUT2D eigenvalue weighted by atomic mass is 35.5. The summed E-state index contributed by atoms with van der Waals surface area (Å²) in [7, 11) is 1.00. The van der Waals surface area contributed by atoms with Crippen molar-refractivity contribution in [2.75, 3.05) is 19.5 Å². The molecule has 1 aliphatic carbocycles. The highest BCUT2D eigenvalue weighted by molar-refractivity contribution is 6.17. The van der Waals surface area contributed by atoms with Crippen molar-refractivity contribution in [3.05, 3.63) is 60.0 Å². The molecular weight excluding hydrogens is 340 g/mol. The van der Waals surface area contributed by atoms with Crippen LogP contribution < -0.4 is 5.32 Å². The summed E-state index contributed by atoms with van der Waals surface area (Å²) in [5.41, 5.74) is 2.84. The van der Waals surface area contributed by atoms with E-state index in [1.807, 2.05) is 18.2 Å². The Kier molecular flexibility index (Phi) is 7.60. The maximum atomic E-state index is 10.8. The van der Waals surface area contributed by atoms with E-state index in [1.54, 1.807) is 18.2 Å². The number of alkyl halides is 1. The molecule has 0 amide bonds. The molecule has 1 atom stereocenters. The van der Waals surface area contributed by atoms with E-state index >= 15 is 0 Å².